The molecule has 1 N–H and O–H groups in total. The zero-order valence-electron chi connectivity index (χ0n) is 36.9. The van der Waals surface area contributed by atoms with Crippen molar-refractivity contribution in [2.75, 3.05) is 33.3 Å². The number of aliphatic hydroxyl groups is 1. The van der Waals surface area contributed by atoms with Crippen molar-refractivity contribution in [3.63, 3.8) is 0 Å². The Kier molecular flexibility index (Phi) is 11.6. The van der Waals surface area contributed by atoms with Crippen LogP contribution in [0.25, 0.3) is 0 Å². The Hall–Kier alpha value is -1.86. The minimum Gasteiger partial charge on any atom is -0.465 e. The molecule has 0 aliphatic rings. The highest BCUT2D eigenvalue weighted by Crippen LogP contribution is 2.37. The molecular weight excluding hydrogens is 577 g/mol. The molecule has 0 radical (unpaired) electrons. The number of methoxy groups -OCH3 is 1. The van der Waals surface area contributed by atoms with E-state index in [9.17, 15) is 9.90 Å². The van der Waals surface area contributed by atoms with Gasteiger partial charge in [0.1, 0.15) is 0 Å². The van der Waals surface area contributed by atoms with Crippen LogP contribution in [0.4, 0.5) is 0 Å². The van der Waals surface area contributed by atoms with Gasteiger partial charge in [-0.25, -0.2) is 4.79 Å². The summed E-state index contributed by atoms with van der Waals surface area (Å²) < 4.78 is 105. The van der Waals surface area contributed by atoms with Crippen LogP contribution in [0.5, 0.6) is 0 Å². The Labute approximate surface area is 278 Å². The molecule has 7 nitrogen and oxygen atoms in total. The van der Waals surface area contributed by atoms with Crippen molar-refractivity contribution >= 4 is 22.6 Å². The first-order valence-corrected chi connectivity index (χ1v) is 19.5. The smallest absolute Gasteiger partial charge is 0.337 e. The van der Waals surface area contributed by atoms with E-state index < -0.39 is 55.4 Å². The van der Waals surface area contributed by atoms with Crippen molar-refractivity contribution in [1.82, 2.24) is 0 Å². The van der Waals surface area contributed by atoms with Crippen LogP contribution in [0.3, 0.4) is 0 Å². The molecule has 0 aliphatic heterocycles. The number of esters is 1. The second-order valence-electron chi connectivity index (χ2n) is 12.7. The summed E-state index contributed by atoms with van der Waals surface area (Å²) >= 11 is 0. The van der Waals surface area contributed by atoms with Gasteiger partial charge in [-0.05, 0) is 65.1 Å². The molecule has 0 aliphatic carbocycles. The van der Waals surface area contributed by atoms with Gasteiger partial charge in [-0.2, -0.15) is 0 Å². The normalized spacial score (nSPS) is 17.3. The van der Waals surface area contributed by atoms with Gasteiger partial charge in [-0.15, -0.1) is 0 Å². The molecule has 0 unspecified atom stereocenters. The van der Waals surface area contributed by atoms with Crippen LogP contribution in [0.2, 0.25) is 36.3 Å². The molecule has 2 rings (SSSR count). The molecule has 0 saturated heterocycles. The van der Waals surface area contributed by atoms with Crippen molar-refractivity contribution in [2.24, 2.45) is 0 Å². The van der Waals surface area contributed by atoms with E-state index in [4.69, 9.17) is 32.0 Å². The van der Waals surface area contributed by atoms with Gasteiger partial charge in [0.15, 0.2) is 16.6 Å². The molecule has 0 amide bonds. The van der Waals surface area contributed by atoms with E-state index in [1.165, 1.54) is 31.4 Å². The highest BCUT2D eigenvalue weighted by Gasteiger charge is 2.37. The summed E-state index contributed by atoms with van der Waals surface area (Å²) in [5, 5.41) is 8.75. The Morgan fingerprint density at radius 3 is 1.37 bits per heavy atom. The van der Waals surface area contributed by atoms with Crippen LogP contribution in [0.1, 0.15) is 89.7 Å². The summed E-state index contributed by atoms with van der Waals surface area (Å²) in [6, 6.07) is 12.0. The van der Waals surface area contributed by atoms with E-state index in [1.807, 2.05) is 67.7 Å². The zero-order valence-corrected chi connectivity index (χ0v) is 28.9. The quantitative estimate of drug-likeness (QED) is 0.163. The van der Waals surface area contributed by atoms with E-state index in [0.717, 1.165) is 0 Å². The lowest BCUT2D eigenvalue weighted by atomic mass is 10.1. The predicted molar refractivity (Wildman–Crippen MR) is 182 cm³/mol. The van der Waals surface area contributed by atoms with Gasteiger partial charge in [0.05, 0.1) is 72.4 Å². The minimum absolute atomic E-state index is 0. The van der Waals surface area contributed by atoms with E-state index >= 15 is 0 Å². The van der Waals surface area contributed by atoms with Gasteiger partial charge in [-0.1, -0.05) is 85.4 Å². The molecule has 246 valence electrons. The van der Waals surface area contributed by atoms with Crippen LogP contribution >= 0.6 is 0 Å². The molecule has 0 spiro atoms. The third kappa shape index (κ3) is 15.1. The first kappa shape index (κ1) is 26.4. The van der Waals surface area contributed by atoms with Crippen molar-refractivity contribution in [3.05, 3.63) is 70.8 Å². The summed E-state index contributed by atoms with van der Waals surface area (Å²) in [5.41, 5.74) is 1.56. The number of carbonyl (C=O) groups is 1. The molecule has 0 saturated carbocycles. The molecule has 0 atom stereocenters. The maximum absolute atomic E-state index is 11.4. The van der Waals surface area contributed by atoms with Crippen LogP contribution in [0.15, 0.2) is 48.5 Å². The third-order valence-electron chi connectivity index (χ3n) is 7.39. The summed E-state index contributed by atoms with van der Waals surface area (Å²) in [6.07, 6.45) is 0. The Morgan fingerprint density at radius 1 is 0.698 bits per heavy atom. The summed E-state index contributed by atoms with van der Waals surface area (Å²) in [6.45, 7) is 5.69. The van der Waals surface area contributed by atoms with Crippen molar-refractivity contribution in [2.45, 2.75) is 105 Å². The summed E-state index contributed by atoms with van der Waals surface area (Å²) in [5.74, 6) is -0.466. The van der Waals surface area contributed by atoms with Gasteiger partial charge < -0.3 is 28.2 Å². The standard InChI is InChI=1S/C17H28O4Si.C16H28O3Si.CH4/c1-17(2,3)22(5,6)21-12-11-20-13-14-7-9-15(10-8-14)16(18)19-4;1-16(2,3)20(4,5)19-11-10-18-13-15-8-6-14(12-17)7-9-15;/h7-10H,11-13H2,1-6H3;6-9,17H,10-13H2,1-5H3;1H4/i11D2,12D2;10D2,11D2,12D2;. The van der Waals surface area contributed by atoms with Crippen molar-refractivity contribution < 1.29 is 46.7 Å². The molecule has 2 aromatic carbocycles. The van der Waals surface area contributed by atoms with Crippen LogP contribution in [0, 0.1) is 0 Å². The Morgan fingerprint density at radius 2 is 1.05 bits per heavy atom. The van der Waals surface area contributed by atoms with Gasteiger partial charge in [0.25, 0.3) is 0 Å². The van der Waals surface area contributed by atoms with Crippen LogP contribution < -0.4 is 0 Å². The maximum atomic E-state index is 11.4. The number of hydrogen-bond acceptors (Lipinski definition) is 7. The van der Waals surface area contributed by atoms with Crippen molar-refractivity contribution in [1.29, 1.82) is 0 Å². The Balaban J connectivity index is 0.00000100. The molecule has 9 heteroatoms. The largest absolute Gasteiger partial charge is 0.465 e. The van der Waals surface area contributed by atoms with E-state index in [2.05, 4.69) is 4.74 Å². The lowest BCUT2D eigenvalue weighted by Gasteiger charge is -2.36. The fourth-order valence-corrected chi connectivity index (χ4v) is 3.64. The number of hydrogen-bond donors (Lipinski definition) is 1. The van der Waals surface area contributed by atoms with Crippen LogP contribution in [-0.2, 0) is 42.8 Å². The fraction of sp³-hybridized carbons (Fsp3) is 0.618. The highest BCUT2D eigenvalue weighted by molar-refractivity contribution is 6.74. The second-order valence-corrected chi connectivity index (χ2v) is 22.2. The first-order chi connectivity index (χ1) is 23.0. The minimum atomic E-state index is -2.67. The number of rotatable bonds is 14. The number of carbonyl (C=O) groups excluding carboxylic acids is 1. The zero-order chi connectivity index (χ0) is 41.0. The lowest BCUT2D eigenvalue weighted by Crippen LogP contribution is -2.41. The van der Waals surface area contributed by atoms with Gasteiger partial charge >= 0.3 is 5.97 Å². The molecule has 0 bridgehead atoms. The topological polar surface area (TPSA) is 83.5 Å². The fourth-order valence-electron chi connectivity index (χ4n) is 2.43. The Bertz CT molecular complexity index is 1450. The molecule has 2 aromatic rings. The second kappa shape index (κ2) is 18.8. The highest BCUT2D eigenvalue weighted by atomic mass is 28.4. The van der Waals surface area contributed by atoms with E-state index in [1.54, 1.807) is 24.3 Å². The SMILES string of the molecule is C.[2H]C([2H])(O)c1ccc(COC([2H])([2H])C([2H])([2H])O[Si](C)(C)C(C)(C)C)cc1.[2H]C([2H])(OCc1ccc(C(=O)OC)cc1)C([2H])([2H])O[Si](C)(C)C(C)(C)C. The molecular formula is C34H60O7Si2. The molecule has 0 fully saturated rings. The average molecular weight is 647 g/mol. The third-order valence-corrected chi connectivity index (χ3v) is 15.8. The molecule has 43 heavy (non-hydrogen) atoms. The monoisotopic (exact) mass is 646 g/mol. The van der Waals surface area contributed by atoms with Gasteiger partial charge in [0.2, 0.25) is 0 Å². The average Bonchev–Trinajstić information content (AvgIpc) is 2.96. The first-order valence-electron chi connectivity index (χ1n) is 18.7. The molecule has 0 aromatic heterocycles. The number of ether oxygens (including phenoxy) is 3. The lowest BCUT2D eigenvalue weighted by molar-refractivity contribution is 0.0600. The maximum Gasteiger partial charge on any atom is 0.337 e. The number of benzene rings is 2. The van der Waals surface area contributed by atoms with Crippen molar-refractivity contribution in [3.8, 4) is 0 Å². The van der Waals surface area contributed by atoms with Gasteiger partial charge in [0, 0.05) is 0 Å². The van der Waals surface area contributed by atoms with Crippen LogP contribution in [-0.4, -0.2) is 61.1 Å². The summed E-state index contributed by atoms with van der Waals surface area (Å²) in [7, 11) is -3.79. The predicted octanol–water partition coefficient (Wildman–Crippen LogP) is 8.37. The van der Waals surface area contributed by atoms with E-state index in [0.29, 0.717) is 16.7 Å². The van der Waals surface area contributed by atoms with Gasteiger partial charge in [-0.3, -0.25) is 0 Å². The molecule has 0 heterocycles. The van der Waals surface area contributed by atoms with E-state index in [-0.39, 0.29) is 36.3 Å². The summed E-state index contributed by atoms with van der Waals surface area (Å²) in [4.78, 5) is 11.4.